The monoisotopic (exact) mass is 342 g/mol. The fourth-order valence-electron chi connectivity index (χ4n) is 4.64. The van der Waals surface area contributed by atoms with Gasteiger partial charge in [-0.3, -0.25) is 0 Å². The molecule has 0 aromatic heterocycles. The van der Waals surface area contributed by atoms with E-state index in [1.165, 1.54) is 38.5 Å². The minimum atomic E-state index is -0.170. The summed E-state index contributed by atoms with van der Waals surface area (Å²) in [5, 5.41) is 0.320. The van der Waals surface area contributed by atoms with Gasteiger partial charge in [-0.1, -0.05) is 50.9 Å². The van der Waals surface area contributed by atoms with Crippen LogP contribution in [-0.2, 0) is 0 Å². The molecule has 1 aromatic carbocycles. The van der Waals surface area contributed by atoms with Crippen molar-refractivity contribution >= 4 is 11.6 Å². The Hall–Kier alpha value is -0.560. The number of hydrogen-bond donors (Lipinski definition) is 0. The molecule has 2 saturated carbocycles. The molecule has 134 valence electrons. The summed E-state index contributed by atoms with van der Waals surface area (Å²) in [6.07, 6.45) is 10.5. The summed E-state index contributed by atoms with van der Waals surface area (Å²) in [7, 11) is 0. The van der Waals surface area contributed by atoms with E-state index in [-0.39, 0.29) is 16.1 Å². The fourth-order valence-corrected chi connectivity index (χ4v) is 4.81. The van der Waals surface area contributed by atoms with Crippen LogP contribution in [0.15, 0.2) is 12.1 Å². The molecule has 2 aliphatic rings. The lowest BCUT2D eigenvalue weighted by Gasteiger charge is -2.37. The van der Waals surface area contributed by atoms with Crippen molar-refractivity contribution in [3.63, 3.8) is 0 Å². The summed E-state index contributed by atoms with van der Waals surface area (Å²) in [5.41, 5.74) is 1.69. The van der Waals surface area contributed by atoms with E-state index in [0.717, 1.165) is 41.7 Å². The Kier molecular flexibility index (Phi) is 6.54. The van der Waals surface area contributed by atoms with Crippen LogP contribution in [0.25, 0.3) is 0 Å². The first kappa shape index (κ1) is 18.8. The first-order chi connectivity index (χ1) is 10.6. The van der Waals surface area contributed by atoms with Crippen molar-refractivity contribution in [1.29, 1.82) is 0 Å². The molecule has 0 nitrogen and oxygen atoms in total. The van der Waals surface area contributed by atoms with Gasteiger partial charge in [0.2, 0.25) is 0 Å². The van der Waals surface area contributed by atoms with E-state index in [9.17, 15) is 4.39 Å². The number of rotatable bonds is 2. The van der Waals surface area contributed by atoms with Crippen LogP contribution in [0.5, 0.6) is 0 Å². The molecular weight excluding hydrogens is 307 g/mol. The van der Waals surface area contributed by atoms with Gasteiger partial charge in [0, 0.05) is 2.85 Å². The van der Waals surface area contributed by atoms with Crippen molar-refractivity contribution < 1.29 is 7.24 Å². The van der Waals surface area contributed by atoms with Gasteiger partial charge in [-0.25, -0.2) is 4.39 Å². The van der Waals surface area contributed by atoms with E-state index in [0.29, 0.717) is 10.9 Å². The molecular formula is C21H36ClF. The van der Waals surface area contributed by atoms with Crippen LogP contribution in [0, 0.1) is 30.5 Å². The second kappa shape index (κ2) is 8.01. The van der Waals surface area contributed by atoms with Gasteiger partial charge in [0.1, 0.15) is 5.82 Å². The van der Waals surface area contributed by atoms with Crippen LogP contribution in [0.2, 0.25) is 5.02 Å². The van der Waals surface area contributed by atoms with E-state index in [1.807, 2.05) is 19.1 Å². The van der Waals surface area contributed by atoms with E-state index in [2.05, 4.69) is 6.92 Å². The fraction of sp³-hybridized carbons (Fsp3) is 0.714. The topological polar surface area (TPSA) is 0 Å². The minimum absolute atomic E-state index is 0. The number of aryl methyl sites for hydroxylation is 1. The first-order valence-electron chi connectivity index (χ1n) is 9.00. The Morgan fingerprint density at radius 3 is 2.04 bits per heavy atom. The zero-order chi connectivity index (χ0) is 15.7. The smallest absolute Gasteiger partial charge is 0.145 e. The molecule has 23 heavy (non-hydrogen) atoms. The predicted molar refractivity (Wildman–Crippen MR) is 103 cm³/mol. The molecule has 0 heterocycles. The third kappa shape index (κ3) is 4.10. The largest absolute Gasteiger partial charge is 0.205 e. The standard InChI is InChI=1S/C20H28ClF.CH4.2H2/c1-13-3-6-15(7-4-13)16-8-10-17(11-9-16)18-12-5-14(2)19(21)20(18)22;;;/h5,12-13,15-17H,3-4,6-11H2,1-2H3;1H4;2*1H. The second-order valence-corrected chi connectivity index (χ2v) is 8.11. The zero-order valence-corrected chi connectivity index (χ0v) is 14.6. The average Bonchev–Trinajstić information content (AvgIpc) is 2.54. The molecule has 0 atom stereocenters. The molecule has 2 fully saturated rings. The van der Waals surface area contributed by atoms with Crippen molar-refractivity contribution in [2.75, 3.05) is 0 Å². The highest BCUT2D eigenvalue weighted by molar-refractivity contribution is 6.31. The SMILES string of the molecule is C.Cc1ccc(C2CCC(C3CCC(C)CC3)CC2)c(F)c1Cl.[HH].[HH]. The van der Waals surface area contributed by atoms with Crippen LogP contribution in [0.3, 0.4) is 0 Å². The Bertz CT molecular complexity index is 519. The van der Waals surface area contributed by atoms with Gasteiger partial charge < -0.3 is 0 Å². The minimum Gasteiger partial charge on any atom is -0.205 e. The van der Waals surface area contributed by atoms with Crippen LogP contribution in [-0.4, -0.2) is 0 Å². The molecule has 0 N–H and O–H groups in total. The van der Waals surface area contributed by atoms with E-state index < -0.39 is 0 Å². The molecule has 2 heteroatoms. The maximum Gasteiger partial charge on any atom is 0.145 e. The second-order valence-electron chi connectivity index (χ2n) is 7.73. The highest BCUT2D eigenvalue weighted by atomic mass is 35.5. The lowest BCUT2D eigenvalue weighted by Crippen LogP contribution is -2.25. The molecule has 2 aliphatic carbocycles. The van der Waals surface area contributed by atoms with Gasteiger partial charge >= 0.3 is 0 Å². The van der Waals surface area contributed by atoms with E-state index in [1.54, 1.807) is 0 Å². The molecule has 0 radical (unpaired) electrons. The molecule has 1 aromatic rings. The molecule has 3 rings (SSSR count). The van der Waals surface area contributed by atoms with Crippen molar-refractivity contribution in [2.45, 2.75) is 78.6 Å². The predicted octanol–water partition coefficient (Wildman–Crippen LogP) is 8.02. The summed E-state index contributed by atoms with van der Waals surface area (Å²) >= 11 is 6.09. The van der Waals surface area contributed by atoms with Gasteiger partial charge in [-0.2, -0.15) is 0 Å². The van der Waals surface area contributed by atoms with Crippen LogP contribution in [0.1, 0.15) is 85.6 Å². The summed E-state index contributed by atoms with van der Waals surface area (Å²) in [6.45, 7) is 4.26. The van der Waals surface area contributed by atoms with Crippen molar-refractivity contribution in [1.82, 2.24) is 0 Å². The van der Waals surface area contributed by atoms with Crippen LogP contribution in [0.4, 0.5) is 4.39 Å². The maximum atomic E-state index is 14.4. The highest BCUT2D eigenvalue weighted by Gasteiger charge is 2.31. The molecule has 0 amide bonds. The lowest BCUT2D eigenvalue weighted by atomic mass is 9.68. The summed E-state index contributed by atoms with van der Waals surface area (Å²) in [5.74, 6) is 2.95. The quantitative estimate of drug-likeness (QED) is 0.510. The summed E-state index contributed by atoms with van der Waals surface area (Å²) in [4.78, 5) is 0. The van der Waals surface area contributed by atoms with Crippen LogP contribution < -0.4 is 0 Å². The normalized spacial score (nSPS) is 31.5. The van der Waals surface area contributed by atoms with E-state index >= 15 is 0 Å². The average molecular weight is 343 g/mol. The molecule has 0 spiro atoms. The number of halogens is 2. The third-order valence-corrected chi connectivity index (χ3v) is 6.71. The summed E-state index contributed by atoms with van der Waals surface area (Å²) in [6, 6.07) is 3.93. The molecule has 0 aliphatic heterocycles. The highest BCUT2D eigenvalue weighted by Crippen LogP contribution is 2.44. The number of benzene rings is 1. The zero-order valence-electron chi connectivity index (χ0n) is 13.9. The maximum absolute atomic E-state index is 14.4. The van der Waals surface area contributed by atoms with Gasteiger partial charge in [-0.15, -0.1) is 0 Å². The molecule has 0 unspecified atom stereocenters. The van der Waals surface area contributed by atoms with E-state index in [4.69, 9.17) is 11.6 Å². The Balaban J connectivity index is 0.00000192. The van der Waals surface area contributed by atoms with Gasteiger partial charge in [0.05, 0.1) is 5.02 Å². The Labute approximate surface area is 149 Å². The Morgan fingerprint density at radius 1 is 0.957 bits per heavy atom. The van der Waals surface area contributed by atoms with Crippen LogP contribution >= 0.6 is 11.6 Å². The van der Waals surface area contributed by atoms with Crippen molar-refractivity contribution in [3.05, 3.63) is 34.1 Å². The molecule has 0 saturated heterocycles. The van der Waals surface area contributed by atoms with Crippen molar-refractivity contribution in [3.8, 4) is 0 Å². The molecule has 0 bridgehead atoms. The third-order valence-electron chi connectivity index (χ3n) is 6.24. The Morgan fingerprint density at radius 2 is 1.48 bits per heavy atom. The first-order valence-corrected chi connectivity index (χ1v) is 9.38. The lowest BCUT2D eigenvalue weighted by molar-refractivity contribution is 0.164. The van der Waals surface area contributed by atoms with Gasteiger partial charge in [-0.05, 0) is 80.2 Å². The number of hydrogen-bond acceptors (Lipinski definition) is 0. The van der Waals surface area contributed by atoms with Crippen molar-refractivity contribution in [2.24, 2.45) is 17.8 Å². The van der Waals surface area contributed by atoms with Gasteiger partial charge in [0.15, 0.2) is 0 Å². The van der Waals surface area contributed by atoms with Gasteiger partial charge in [0.25, 0.3) is 0 Å². The summed E-state index contributed by atoms with van der Waals surface area (Å²) < 4.78 is 14.4.